The predicted molar refractivity (Wildman–Crippen MR) is 72.4 cm³/mol. The summed E-state index contributed by atoms with van der Waals surface area (Å²) >= 11 is 3.26. The van der Waals surface area contributed by atoms with Gasteiger partial charge in [-0.25, -0.2) is 4.98 Å². The van der Waals surface area contributed by atoms with Crippen LogP contribution in [0.15, 0.2) is 22.9 Å². The van der Waals surface area contributed by atoms with Crippen LogP contribution in [0.2, 0.25) is 0 Å². The van der Waals surface area contributed by atoms with Gasteiger partial charge in [0, 0.05) is 32.0 Å². The lowest BCUT2D eigenvalue weighted by atomic mass is 10.0. The molecule has 0 saturated heterocycles. The highest BCUT2D eigenvalue weighted by molar-refractivity contribution is 9.10. The van der Waals surface area contributed by atoms with Crippen molar-refractivity contribution >= 4 is 21.8 Å². The van der Waals surface area contributed by atoms with Crippen LogP contribution >= 0.6 is 15.9 Å². The van der Waals surface area contributed by atoms with E-state index in [-0.39, 0.29) is 11.3 Å². The Morgan fingerprint density at radius 2 is 2.39 bits per heavy atom. The molecule has 18 heavy (non-hydrogen) atoms. The summed E-state index contributed by atoms with van der Waals surface area (Å²) in [4.78, 5) is 16.0. The van der Waals surface area contributed by atoms with Crippen LogP contribution in [0.25, 0.3) is 0 Å². The summed E-state index contributed by atoms with van der Waals surface area (Å²) in [5.74, 6) is -0.0400. The molecule has 0 unspecified atom stereocenters. The fraction of sp³-hybridized carbons (Fsp3) is 0.538. The maximum Gasteiger partial charge on any atom is 0.251 e. The number of aromatic nitrogens is 1. The summed E-state index contributed by atoms with van der Waals surface area (Å²) in [5.41, 5.74) is 0.912. The Labute approximate surface area is 115 Å². The zero-order valence-electron chi connectivity index (χ0n) is 10.4. The number of rotatable bonds is 6. The Balaban J connectivity index is 1.85. The van der Waals surface area contributed by atoms with Crippen molar-refractivity contribution in [2.45, 2.75) is 19.3 Å². The normalized spacial score (nSPS) is 16.3. The van der Waals surface area contributed by atoms with E-state index < -0.39 is 0 Å². The van der Waals surface area contributed by atoms with Gasteiger partial charge < -0.3 is 10.1 Å². The number of ether oxygens (including phenoxy) is 1. The number of methoxy groups -OCH3 is 1. The summed E-state index contributed by atoms with van der Waals surface area (Å²) in [6, 6.07) is 3.44. The molecule has 1 heterocycles. The van der Waals surface area contributed by atoms with Crippen molar-refractivity contribution in [2.75, 3.05) is 20.3 Å². The second-order valence-electron chi connectivity index (χ2n) is 4.79. The molecule has 0 spiro atoms. The van der Waals surface area contributed by atoms with Crippen molar-refractivity contribution in [1.82, 2.24) is 10.3 Å². The van der Waals surface area contributed by atoms with Crippen molar-refractivity contribution in [2.24, 2.45) is 5.41 Å². The molecule has 1 aliphatic rings. The van der Waals surface area contributed by atoms with Crippen LogP contribution in [-0.4, -0.2) is 31.2 Å². The zero-order chi connectivity index (χ0) is 13.0. The summed E-state index contributed by atoms with van der Waals surface area (Å²) < 4.78 is 5.77. The topological polar surface area (TPSA) is 51.2 Å². The Bertz CT molecular complexity index is 433. The molecule has 0 radical (unpaired) electrons. The van der Waals surface area contributed by atoms with Crippen molar-refractivity contribution in [1.29, 1.82) is 0 Å². The van der Waals surface area contributed by atoms with Crippen LogP contribution in [0.3, 0.4) is 0 Å². The molecule has 0 bridgehead atoms. The van der Waals surface area contributed by atoms with Crippen LogP contribution in [0.4, 0.5) is 0 Å². The van der Waals surface area contributed by atoms with Gasteiger partial charge >= 0.3 is 0 Å². The lowest BCUT2D eigenvalue weighted by Gasteiger charge is -2.15. The summed E-state index contributed by atoms with van der Waals surface area (Å²) in [6.07, 6.45) is 4.99. The fourth-order valence-electron chi connectivity index (χ4n) is 1.92. The average Bonchev–Trinajstić information content (AvgIpc) is 3.14. The molecule has 4 nitrogen and oxygen atoms in total. The van der Waals surface area contributed by atoms with E-state index in [0.29, 0.717) is 10.2 Å². The largest absolute Gasteiger partial charge is 0.385 e. The standard InChI is InChI=1S/C13H17BrN2O2/c1-18-7-5-13(3-4-13)9-16-12(17)10-2-6-15-11(14)8-10/h2,6,8H,3-5,7,9H2,1H3,(H,16,17). The molecule has 1 aromatic heterocycles. The van der Waals surface area contributed by atoms with Crippen LogP contribution in [0, 0.1) is 5.41 Å². The van der Waals surface area contributed by atoms with Gasteiger partial charge in [-0.05, 0) is 52.7 Å². The number of halogens is 1. The Morgan fingerprint density at radius 1 is 1.61 bits per heavy atom. The van der Waals surface area contributed by atoms with E-state index in [0.717, 1.165) is 19.6 Å². The maximum absolute atomic E-state index is 12.0. The number of carbonyl (C=O) groups is 1. The molecule has 1 aliphatic carbocycles. The van der Waals surface area contributed by atoms with E-state index in [4.69, 9.17) is 4.74 Å². The van der Waals surface area contributed by atoms with E-state index in [1.165, 1.54) is 12.8 Å². The second kappa shape index (κ2) is 5.80. The smallest absolute Gasteiger partial charge is 0.251 e. The lowest BCUT2D eigenvalue weighted by Crippen LogP contribution is -2.30. The van der Waals surface area contributed by atoms with Gasteiger partial charge in [-0.2, -0.15) is 0 Å². The first-order chi connectivity index (χ1) is 8.65. The van der Waals surface area contributed by atoms with Gasteiger partial charge in [0.05, 0.1) is 0 Å². The molecule has 2 rings (SSSR count). The number of amides is 1. The molecule has 1 amide bonds. The van der Waals surface area contributed by atoms with Crippen LogP contribution in [0.5, 0.6) is 0 Å². The summed E-state index contributed by atoms with van der Waals surface area (Å²) in [7, 11) is 1.71. The molecule has 1 saturated carbocycles. The number of pyridine rings is 1. The predicted octanol–water partition coefficient (Wildman–Crippen LogP) is 2.39. The lowest BCUT2D eigenvalue weighted by molar-refractivity contribution is 0.0937. The van der Waals surface area contributed by atoms with Crippen molar-refractivity contribution in [3.63, 3.8) is 0 Å². The van der Waals surface area contributed by atoms with Crippen LogP contribution in [-0.2, 0) is 4.74 Å². The molecule has 5 heteroatoms. The number of hydrogen-bond acceptors (Lipinski definition) is 3. The average molecular weight is 313 g/mol. The van der Waals surface area contributed by atoms with Crippen molar-refractivity contribution < 1.29 is 9.53 Å². The zero-order valence-corrected chi connectivity index (χ0v) is 12.0. The van der Waals surface area contributed by atoms with Crippen molar-refractivity contribution in [3.05, 3.63) is 28.5 Å². The van der Waals surface area contributed by atoms with E-state index in [1.54, 1.807) is 25.4 Å². The Kier molecular flexibility index (Phi) is 4.35. The first kappa shape index (κ1) is 13.5. The molecular weight excluding hydrogens is 296 g/mol. The monoisotopic (exact) mass is 312 g/mol. The van der Waals surface area contributed by atoms with E-state index >= 15 is 0 Å². The van der Waals surface area contributed by atoms with Gasteiger partial charge in [0.25, 0.3) is 5.91 Å². The third-order valence-electron chi connectivity index (χ3n) is 3.41. The quantitative estimate of drug-likeness (QED) is 0.821. The number of hydrogen-bond donors (Lipinski definition) is 1. The van der Waals surface area contributed by atoms with Crippen molar-refractivity contribution in [3.8, 4) is 0 Å². The van der Waals surface area contributed by atoms with Gasteiger partial charge in [-0.3, -0.25) is 4.79 Å². The maximum atomic E-state index is 12.0. The van der Waals surface area contributed by atoms with Crippen LogP contribution in [0.1, 0.15) is 29.6 Å². The van der Waals surface area contributed by atoms with Gasteiger partial charge in [0.15, 0.2) is 0 Å². The van der Waals surface area contributed by atoms with E-state index in [2.05, 4.69) is 26.2 Å². The third kappa shape index (κ3) is 3.53. The molecule has 1 N–H and O–H groups in total. The number of nitrogens with zero attached hydrogens (tertiary/aromatic N) is 1. The van der Waals surface area contributed by atoms with Gasteiger partial charge in [0.2, 0.25) is 0 Å². The molecule has 1 fully saturated rings. The van der Waals surface area contributed by atoms with E-state index in [9.17, 15) is 4.79 Å². The molecule has 0 aromatic carbocycles. The highest BCUT2D eigenvalue weighted by Crippen LogP contribution is 2.48. The number of nitrogens with one attached hydrogen (secondary N) is 1. The molecule has 0 atom stereocenters. The Morgan fingerprint density at radius 3 is 3.00 bits per heavy atom. The minimum absolute atomic E-state index is 0.0400. The molecule has 0 aliphatic heterocycles. The number of carbonyl (C=O) groups excluding carboxylic acids is 1. The molecular formula is C13H17BrN2O2. The minimum Gasteiger partial charge on any atom is -0.385 e. The van der Waals surface area contributed by atoms with Gasteiger partial charge in [-0.15, -0.1) is 0 Å². The highest BCUT2D eigenvalue weighted by Gasteiger charge is 2.42. The first-order valence-electron chi connectivity index (χ1n) is 6.04. The SMILES string of the molecule is COCCC1(CNC(=O)c2ccnc(Br)c2)CC1. The first-order valence-corrected chi connectivity index (χ1v) is 6.83. The summed E-state index contributed by atoms with van der Waals surface area (Å²) in [5, 5.41) is 2.99. The van der Waals surface area contributed by atoms with Gasteiger partial charge in [0.1, 0.15) is 4.60 Å². The highest BCUT2D eigenvalue weighted by atomic mass is 79.9. The molecule has 1 aromatic rings. The Hall–Kier alpha value is -0.940. The third-order valence-corrected chi connectivity index (χ3v) is 3.84. The fourth-order valence-corrected chi connectivity index (χ4v) is 2.29. The van der Waals surface area contributed by atoms with Gasteiger partial charge in [-0.1, -0.05) is 0 Å². The van der Waals surface area contributed by atoms with Crippen LogP contribution < -0.4 is 5.32 Å². The second-order valence-corrected chi connectivity index (χ2v) is 5.61. The summed E-state index contributed by atoms with van der Waals surface area (Å²) in [6.45, 7) is 1.49. The minimum atomic E-state index is -0.0400. The molecule has 98 valence electrons. The van der Waals surface area contributed by atoms with E-state index in [1.807, 2.05) is 0 Å².